The fourth-order valence-corrected chi connectivity index (χ4v) is 1.81. The molecule has 0 aliphatic rings. The predicted molar refractivity (Wildman–Crippen MR) is 75.4 cm³/mol. The van der Waals surface area contributed by atoms with E-state index in [9.17, 15) is 0 Å². The van der Waals surface area contributed by atoms with Gasteiger partial charge in [0.25, 0.3) is 0 Å². The number of ether oxygens (including phenoxy) is 1. The average molecular weight is 264 g/mol. The standard InChI is InChI=1S/C12H20N6O/c1-4-13-12-17-10(14-5-8(2)6-19-3)9-11(18-12)16-7-15-9/h7-8H,4-6H2,1-3H3,(H3,13,14,15,16,17,18). The number of H-pyrrole nitrogens is 1. The van der Waals surface area contributed by atoms with Gasteiger partial charge in [0, 0.05) is 20.2 Å². The van der Waals surface area contributed by atoms with E-state index in [0.29, 0.717) is 24.1 Å². The van der Waals surface area contributed by atoms with Crippen molar-refractivity contribution in [2.75, 3.05) is 37.4 Å². The number of hydrogen-bond donors (Lipinski definition) is 3. The molecule has 0 saturated heterocycles. The maximum atomic E-state index is 5.12. The van der Waals surface area contributed by atoms with E-state index < -0.39 is 0 Å². The molecule has 1 atom stereocenters. The van der Waals surface area contributed by atoms with Crippen molar-refractivity contribution >= 4 is 22.9 Å². The van der Waals surface area contributed by atoms with Crippen LogP contribution in [0.1, 0.15) is 13.8 Å². The van der Waals surface area contributed by atoms with E-state index in [0.717, 1.165) is 24.4 Å². The lowest BCUT2D eigenvalue weighted by atomic mass is 10.2. The van der Waals surface area contributed by atoms with E-state index in [-0.39, 0.29) is 0 Å². The molecule has 2 rings (SSSR count). The molecule has 0 fully saturated rings. The van der Waals surface area contributed by atoms with Crippen molar-refractivity contribution in [3.05, 3.63) is 6.33 Å². The average Bonchev–Trinajstić information content (AvgIpc) is 2.85. The number of aromatic amines is 1. The summed E-state index contributed by atoms with van der Waals surface area (Å²) in [7, 11) is 1.71. The highest BCUT2D eigenvalue weighted by Crippen LogP contribution is 2.18. The van der Waals surface area contributed by atoms with Crippen molar-refractivity contribution in [1.82, 2.24) is 19.9 Å². The molecule has 0 aliphatic heterocycles. The summed E-state index contributed by atoms with van der Waals surface area (Å²) in [5.74, 6) is 1.76. The Kier molecular flexibility index (Phi) is 4.51. The van der Waals surface area contributed by atoms with Crippen LogP contribution in [0.5, 0.6) is 0 Å². The zero-order chi connectivity index (χ0) is 13.7. The summed E-state index contributed by atoms with van der Waals surface area (Å²) in [5, 5.41) is 6.42. The summed E-state index contributed by atoms with van der Waals surface area (Å²) < 4.78 is 5.12. The van der Waals surface area contributed by atoms with E-state index in [4.69, 9.17) is 4.74 Å². The van der Waals surface area contributed by atoms with Crippen LogP contribution in [0, 0.1) is 5.92 Å². The molecule has 7 nitrogen and oxygen atoms in total. The number of hydrogen-bond acceptors (Lipinski definition) is 6. The largest absolute Gasteiger partial charge is 0.384 e. The van der Waals surface area contributed by atoms with Crippen LogP contribution in [0.3, 0.4) is 0 Å². The number of imidazole rings is 1. The molecule has 0 aromatic carbocycles. The number of aromatic nitrogens is 4. The van der Waals surface area contributed by atoms with Crippen molar-refractivity contribution in [3.63, 3.8) is 0 Å². The van der Waals surface area contributed by atoms with Gasteiger partial charge in [0.05, 0.1) is 12.9 Å². The molecule has 0 amide bonds. The minimum Gasteiger partial charge on any atom is -0.384 e. The maximum absolute atomic E-state index is 5.12. The molecule has 2 aromatic rings. The first-order chi connectivity index (χ1) is 9.24. The van der Waals surface area contributed by atoms with Gasteiger partial charge in [0.2, 0.25) is 5.95 Å². The lowest BCUT2D eigenvalue weighted by Crippen LogP contribution is -2.17. The van der Waals surface area contributed by atoms with Crippen LogP contribution in [-0.4, -0.2) is 46.7 Å². The highest BCUT2D eigenvalue weighted by Gasteiger charge is 2.10. The lowest BCUT2D eigenvalue weighted by Gasteiger charge is -2.13. The summed E-state index contributed by atoms with van der Waals surface area (Å²) in [6.07, 6.45) is 1.62. The third-order valence-electron chi connectivity index (χ3n) is 2.69. The molecule has 0 saturated carbocycles. The predicted octanol–water partition coefficient (Wildman–Crippen LogP) is 1.48. The summed E-state index contributed by atoms with van der Waals surface area (Å²) in [6, 6.07) is 0. The maximum Gasteiger partial charge on any atom is 0.226 e. The molecule has 2 heterocycles. The Morgan fingerprint density at radius 2 is 2.21 bits per heavy atom. The molecule has 0 spiro atoms. The summed E-state index contributed by atoms with van der Waals surface area (Å²) >= 11 is 0. The van der Waals surface area contributed by atoms with Gasteiger partial charge >= 0.3 is 0 Å². The number of nitrogens with one attached hydrogen (secondary N) is 3. The third kappa shape index (κ3) is 3.31. The second-order valence-corrected chi connectivity index (χ2v) is 4.47. The zero-order valence-corrected chi connectivity index (χ0v) is 11.5. The van der Waals surface area contributed by atoms with Crippen molar-refractivity contribution in [1.29, 1.82) is 0 Å². The Bertz CT molecular complexity index is 526. The van der Waals surface area contributed by atoms with Crippen LogP contribution >= 0.6 is 0 Å². The molecule has 3 N–H and O–H groups in total. The topological polar surface area (TPSA) is 87.8 Å². The quantitative estimate of drug-likeness (QED) is 0.702. The van der Waals surface area contributed by atoms with Crippen LogP contribution < -0.4 is 10.6 Å². The second kappa shape index (κ2) is 6.33. The van der Waals surface area contributed by atoms with Crippen molar-refractivity contribution in [3.8, 4) is 0 Å². The normalized spacial score (nSPS) is 12.6. The first-order valence-electron chi connectivity index (χ1n) is 6.42. The first-order valence-corrected chi connectivity index (χ1v) is 6.42. The first kappa shape index (κ1) is 13.5. The molecule has 7 heteroatoms. The molecule has 19 heavy (non-hydrogen) atoms. The van der Waals surface area contributed by atoms with Crippen LogP contribution in [0.25, 0.3) is 11.2 Å². The van der Waals surface area contributed by atoms with Gasteiger partial charge in [-0.3, -0.25) is 0 Å². The minimum absolute atomic E-state index is 0.403. The molecule has 1 unspecified atom stereocenters. The molecule has 0 bridgehead atoms. The van der Waals surface area contributed by atoms with Crippen molar-refractivity contribution < 1.29 is 4.74 Å². The number of nitrogens with zero attached hydrogens (tertiary/aromatic N) is 3. The van der Waals surface area contributed by atoms with E-state index in [1.807, 2.05) is 6.92 Å². The monoisotopic (exact) mass is 264 g/mol. The summed E-state index contributed by atoms with van der Waals surface area (Å²) in [6.45, 7) is 6.39. The third-order valence-corrected chi connectivity index (χ3v) is 2.69. The van der Waals surface area contributed by atoms with Crippen LogP contribution in [0.2, 0.25) is 0 Å². The highest BCUT2D eigenvalue weighted by atomic mass is 16.5. The van der Waals surface area contributed by atoms with E-state index >= 15 is 0 Å². The molecule has 104 valence electrons. The minimum atomic E-state index is 0.403. The zero-order valence-electron chi connectivity index (χ0n) is 11.5. The van der Waals surface area contributed by atoms with E-state index in [1.165, 1.54) is 0 Å². The van der Waals surface area contributed by atoms with Gasteiger partial charge in [-0.2, -0.15) is 9.97 Å². The van der Waals surface area contributed by atoms with Gasteiger partial charge in [-0.15, -0.1) is 0 Å². The van der Waals surface area contributed by atoms with Crippen molar-refractivity contribution in [2.24, 2.45) is 5.92 Å². The van der Waals surface area contributed by atoms with Gasteiger partial charge in [0.1, 0.15) is 5.52 Å². The highest BCUT2D eigenvalue weighted by molar-refractivity contribution is 5.83. The van der Waals surface area contributed by atoms with Gasteiger partial charge in [-0.25, -0.2) is 4.98 Å². The Balaban J connectivity index is 2.17. The molecule has 0 aliphatic carbocycles. The SMILES string of the molecule is CCNc1nc(NCC(C)COC)c2[nH]cnc2n1. The van der Waals surface area contributed by atoms with Crippen LogP contribution in [0.4, 0.5) is 11.8 Å². The van der Waals surface area contributed by atoms with Crippen molar-refractivity contribution in [2.45, 2.75) is 13.8 Å². The number of fused-ring (bicyclic) bond motifs is 1. The van der Waals surface area contributed by atoms with E-state index in [2.05, 4.69) is 37.5 Å². The smallest absolute Gasteiger partial charge is 0.226 e. The van der Waals surface area contributed by atoms with Gasteiger partial charge < -0.3 is 20.4 Å². The number of anilines is 2. The Morgan fingerprint density at radius 1 is 1.37 bits per heavy atom. The lowest BCUT2D eigenvalue weighted by molar-refractivity contribution is 0.164. The summed E-state index contributed by atoms with van der Waals surface area (Å²) in [5.41, 5.74) is 1.49. The Hall–Kier alpha value is -1.89. The van der Waals surface area contributed by atoms with E-state index in [1.54, 1.807) is 13.4 Å². The molecule has 0 radical (unpaired) electrons. The fraction of sp³-hybridized carbons (Fsp3) is 0.583. The van der Waals surface area contributed by atoms with Gasteiger partial charge in [-0.1, -0.05) is 6.92 Å². The Labute approximate surface area is 112 Å². The fourth-order valence-electron chi connectivity index (χ4n) is 1.81. The number of methoxy groups -OCH3 is 1. The Morgan fingerprint density at radius 3 is 2.95 bits per heavy atom. The molecular formula is C12H20N6O. The molecular weight excluding hydrogens is 244 g/mol. The number of rotatable bonds is 7. The van der Waals surface area contributed by atoms with Gasteiger partial charge in [-0.05, 0) is 12.8 Å². The van der Waals surface area contributed by atoms with Gasteiger partial charge in [0.15, 0.2) is 11.5 Å². The van der Waals surface area contributed by atoms with Crippen LogP contribution in [-0.2, 0) is 4.74 Å². The summed E-state index contributed by atoms with van der Waals surface area (Å²) in [4.78, 5) is 16.0. The molecule has 2 aromatic heterocycles. The second-order valence-electron chi connectivity index (χ2n) is 4.47. The van der Waals surface area contributed by atoms with Crippen LogP contribution in [0.15, 0.2) is 6.33 Å².